The van der Waals surface area contributed by atoms with Crippen molar-refractivity contribution in [1.82, 2.24) is 10.2 Å². The molecule has 4 heteroatoms. The molecule has 0 rings (SSSR count). The number of rotatable bonds is 4. The smallest absolute Gasteiger partial charge is 0.409 e. The van der Waals surface area contributed by atoms with Crippen molar-refractivity contribution in [2.45, 2.75) is 26.3 Å². The topological polar surface area (TPSA) is 41.6 Å². The number of hydrogen-bond donors (Lipinski definition) is 1. The number of ether oxygens (including phenoxy) is 1. The zero-order chi connectivity index (χ0) is 11.9. The molecular formula is C11H20N2O2. The molecule has 0 radical (unpaired) electrons. The van der Waals surface area contributed by atoms with Gasteiger partial charge in [-0.2, -0.15) is 0 Å². The van der Waals surface area contributed by atoms with E-state index in [9.17, 15) is 4.79 Å². The van der Waals surface area contributed by atoms with Gasteiger partial charge < -0.3 is 15.0 Å². The number of nitrogens with zero attached hydrogens (tertiary/aromatic N) is 1. The van der Waals surface area contributed by atoms with E-state index in [0.29, 0.717) is 19.7 Å². The highest BCUT2D eigenvalue weighted by atomic mass is 16.6. The van der Waals surface area contributed by atoms with E-state index in [1.165, 1.54) is 0 Å². The summed E-state index contributed by atoms with van der Waals surface area (Å²) in [5.41, 5.74) is -0.219. The number of hydrogen-bond acceptors (Lipinski definition) is 3. The largest absolute Gasteiger partial charge is 0.448 e. The van der Waals surface area contributed by atoms with E-state index in [0.717, 1.165) is 0 Å². The van der Waals surface area contributed by atoms with Crippen LogP contribution in [0.2, 0.25) is 0 Å². The maximum atomic E-state index is 11.5. The molecule has 0 fully saturated rings. The van der Waals surface area contributed by atoms with Crippen LogP contribution in [0.5, 0.6) is 0 Å². The van der Waals surface area contributed by atoms with Crippen molar-refractivity contribution in [3.63, 3.8) is 0 Å². The standard InChI is InChI=1S/C11H20N2O2/c1-6-7-12-8-9-15-10(14)13(5)11(2,3)4/h1,12H,7-9H2,2-5H3. The second-order valence-electron chi connectivity index (χ2n) is 4.23. The number of nitrogens with one attached hydrogen (secondary N) is 1. The summed E-state index contributed by atoms with van der Waals surface area (Å²) < 4.78 is 5.03. The summed E-state index contributed by atoms with van der Waals surface area (Å²) in [6.07, 6.45) is 4.73. The molecule has 1 amide bonds. The fraction of sp³-hybridized carbons (Fsp3) is 0.727. The van der Waals surface area contributed by atoms with Crippen molar-refractivity contribution < 1.29 is 9.53 Å². The van der Waals surface area contributed by atoms with E-state index in [4.69, 9.17) is 11.2 Å². The maximum absolute atomic E-state index is 11.5. The molecule has 0 aliphatic carbocycles. The van der Waals surface area contributed by atoms with E-state index in [2.05, 4.69) is 11.2 Å². The van der Waals surface area contributed by atoms with Crippen molar-refractivity contribution >= 4 is 6.09 Å². The van der Waals surface area contributed by atoms with Gasteiger partial charge in [0.25, 0.3) is 0 Å². The third kappa shape index (κ3) is 5.97. The van der Waals surface area contributed by atoms with Crippen LogP contribution in [0.4, 0.5) is 4.79 Å². The van der Waals surface area contributed by atoms with E-state index in [-0.39, 0.29) is 11.6 Å². The average molecular weight is 212 g/mol. The number of carbonyl (C=O) groups excluding carboxylic acids is 1. The fourth-order valence-corrected chi connectivity index (χ4v) is 0.742. The molecule has 0 spiro atoms. The van der Waals surface area contributed by atoms with Gasteiger partial charge in [0.1, 0.15) is 6.61 Å². The van der Waals surface area contributed by atoms with Crippen molar-refractivity contribution in [3.8, 4) is 12.3 Å². The molecule has 1 N–H and O–H groups in total. The number of carbonyl (C=O) groups is 1. The summed E-state index contributed by atoms with van der Waals surface area (Å²) in [6, 6.07) is 0. The summed E-state index contributed by atoms with van der Waals surface area (Å²) in [5.74, 6) is 2.44. The quantitative estimate of drug-likeness (QED) is 0.560. The number of amides is 1. The van der Waals surface area contributed by atoms with Crippen molar-refractivity contribution in [1.29, 1.82) is 0 Å². The molecule has 0 atom stereocenters. The normalized spacial score (nSPS) is 10.6. The van der Waals surface area contributed by atoms with Crippen LogP contribution in [0.15, 0.2) is 0 Å². The molecule has 4 nitrogen and oxygen atoms in total. The Kier molecular flexibility index (Phi) is 5.80. The lowest BCUT2D eigenvalue weighted by Crippen LogP contribution is -2.43. The zero-order valence-corrected chi connectivity index (χ0v) is 9.96. The third-order valence-corrected chi connectivity index (χ3v) is 2.01. The van der Waals surface area contributed by atoms with Crippen LogP contribution in [-0.4, -0.2) is 43.3 Å². The van der Waals surface area contributed by atoms with Crippen LogP contribution in [0.3, 0.4) is 0 Å². The lowest BCUT2D eigenvalue weighted by atomic mass is 10.1. The molecule has 0 aromatic carbocycles. The molecule has 86 valence electrons. The summed E-state index contributed by atoms with van der Waals surface area (Å²) >= 11 is 0. The Labute approximate surface area is 92.0 Å². The van der Waals surface area contributed by atoms with Crippen LogP contribution in [0, 0.1) is 12.3 Å². The van der Waals surface area contributed by atoms with Gasteiger partial charge in [0, 0.05) is 19.1 Å². The Hall–Kier alpha value is -1.21. The number of terminal acetylenes is 1. The van der Waals surface area contributed by atoms with Crippen LogP contribution >= 0.6 is 0 Å². The van der Waals surface area contributed by atoms with E-state index < -0.39 is 0 Å². The van der Waals surface area contributed by atoms with Gasteiger partial charge in [0.2, 0.25) is 0 Å². The molecule has 0 aliphatic heterocycles. The Bertz CT molecular complexity index is 238. The van der Waals surface area contributed by atoms with Gasteiger partial charge in [0.05, 0.1) is 6.54 Å². The lowest BCUT2D eigenvalue weighted by molar-refractivity contribution is 0.0821. The molecule has 0 saturated heterocycles. The highest BCUT2D eigenvalue weighted by Crippen LogP contribution is 2.11. The van der Waals surface area contributed by atoms with Gasteiger partial charge in [-0.15, -0.1) is 6.42 Å². The Morgan fingerprint density at radius 3 is 2.60 bits per heavy atom. The van der Waals surface area contributed by atoms with Crippen LogP contribution < -0.4 is 5.32 Å². The second-order valence-corrected chi connectivity index (χ2v) is 4.23. The highest BCUT2D eigenvalue weighted by molar-refractivity contribution is 5.68. The lowest BCUT2D eigenvalue weighted by Gasteiger charge is -2.30. The Morgan fingerprint density at radius 2 is 2.13 bits per heavy atom. The summed E-state index contributed by atoms with van der Waals surface area (Å²) in [5, 5.41) is 2.94. The molecule has 0 unspecified atom stereocenters. The molecule has 0 bridgehead atoms. The Balaban J connectivity index is 3.71. The van der Waals surface area contributed by atoms with Gasteiger partial charge >= 0.3 is 6.09 Å². The van der Waals surface area contributed by atoms with E-state index in [1.807, 2.05) is 20.8 Å². The summed E-state index contributed by atoms with van der Waals surface area (Å²) in [4.78, 5) is 13.0. The van der Waals surface area contributed by atoms with Crippen LogP contribution in [0.25, 0.3) is 0 Å². The fourth-order valence-electron chi connectivity index (χ4n) is 0.742. The monoisotopic (exact) mass is 212 g/mol. The Morgan fingerprint density at radius 1 is 1.53 bits per heavy atom. The van der Waals surface area contributed by atoms with Gasteiger partial charge in [-0.3, -0.25) is 0 Å². The summed E-state index contributed by atoms with van der Waals surface area (Å²) in [7, 11) is 1.72. The third-order valence-electron chi connectivity index (χ3n) is 2.01. The zero-order valence-electron chi connectivity index (χ0n) is 9.96. The van der Waals surface area contributed by atoms with E-state index in [1.54, 1.807) is 11.9 Å². The molecule has 0 heterocycles. The van der Waals surface area contributed by atoms with Gasteiger partial charge in [-0.1, -0.05) is 5.92 Å². The molecule has 0 aromatic rings. The van der Waals surface area contributed by atoms with Crippen molar-refractivity contribution in [3.05, 3.63) is 0 Å². The van der Waals surface area contributed by atoms with Gasteiger partial charge in [0.15, 0.2) is 0 Å². The SMILES string of the molecule is C#CCNCCOC(=O)N(C)C(C)(C)C. The molecule has 0 aromatic heterocycles. The minimum Gasteiger partial charge on any atom is -0.448 e. The predicted molar refractivity (Wildman–Crippen MR) is 60.6 cm³/mol. The maximum Gasteiger partial charge on any atom is 0.409 e. The minimum atomic E-state index is -0.315. The first-order valence-corrected chi connectivity index (χ1v) is 4.94. The first-order chi connectivity index (χ1) is 6.89. The first-order valence-electron chi connectivity index (χ1n) is 4.94. The minimum absolute atomic E-state index is 0.219. The molecule has 0 saturated carbocycles. The van der Waals surface area contributed by atoms with E-state index >= 15 is 0 Å². The second kappa shape index (κ2) is 6.31. The van der Waals surface area contributed by atoms with Crippen LogP contribution in [0.1, 0.15) is 20.8 Å². The molecule has 0 aliphatic rings. The van der Waals surface area contributed by atoms with Crippen molar-refractivity contribution in [2.75, 3.05) is 26.7 Å². The van der Waals surface area contributed by atoms with Gasteiger partial charge in [-0.05, 0) is 20.8 Å². The predicted octanol–water partition coefficient (Wildman–Crippen LogP) is 1.08. The first kappa shape index (κ1) is 13.8. The average Bonchev–Trinajstić information content (AvgIpc) is 2.14. The van der Waals surface area contributed by atoms with Crippen LogP contribution in [-0.2, 0) is 4.74 Å². The van der Waals surface area contributed by atoms with Gasteiger partial charge in [-0.25, -0.2) is 4.79 Å². The van der Waals surface area contributed by atoms with Crippen molar-refractivity contribution in [2.24, 2.45) is 0 Å². The molecule has 15 heavy (non-hydrogen) atoms. The highest BCUT2D eigenvalue weighted by Gasteiger charge is 2.23. The molecular weight excluding hydrogens is 192 g/mol. The summed E-state index contributed by atoms with van der Waals surface area (Å²) in [6.45, 7) is 7.25.